The number of aromatic nitrogens is 1. The molecule has 1 atom stereocenters. The fraction of sp³-hybridized carbons (Fsp3) is 0.167. The summed E-state index contributed by atoms with van der Waals surface area (Å²) < 4.78 is 12.6. The van der Waals surface area contributed by atoms with Gasteiger partial charge in [-0.15, -0.1) is 0 Å². The van der Waals surface area contributed by atoms with E-state index < -0.39 is 11.9 Å². The van der Waals surface area contributed by atoms with Gasteiger partial charge in [0.1, 0.15) is 5.92 Å². The second-order valence-electron chi connectivity index (χ2n) is 5.60. The van der Waals surface area contributed by atoms with Crippen LogP contribution in [0.5, 0.6) is 11.5 Å². The summed E-state index contributed by atoms with van der Waals surface area (Å²) in [5.74, 6) is -0.402. The van der Waals surface area contributed by atoms with Crippen LogP contribution in [0.15, 0.2) is 48.7 Å². The van der Waals surface area contributed by atoms with Crippen LogP contribution in [-0.4, -0.2) is 22.4 Å². The predicted octanol–water partition coefficient (Wildman–Crippen LogP) is 3.12. The number of nitrogens with zero attached hydrogens (tertiary/aromatic N) is 1. The highest BCUT2D eigenvalue weighted by Crippen LogP contribution is 2.38. The summed E-state index contributed by atoms with van der Waals surface area (Å²) >= 11 is 0. The Balaban J connectivity index is 1.89. The van der Waals surface area contributed by atoms with Gasteiger partial charge in [-0.2, -0.15) is 0 Å². The number of para-hydroxylation sites is 1. The summed E-state index contributed by atoms with van der Waals surface area (Å²) in [6, 6.07) is 13.1. The summed E-state index contributed by atoms with van der Waals surface area (Å²) in [5.41, 5.74) is 2.46. The topological polar surface area (TPSA) is 60.7 Å². The molecule has 116 valence electrons. The number of hydrogen-bond donors (Lipinski definition) is 1. The highest BCUT2D eigenvalue weighted by atomic mass is 16.7. The Labute approximate surface area is 132 Å². The molecule has 0 saturated heterocycles. The summed E-state index contributed by atoms with van der Waals surface area (Å²) in [4.78, 5) is 12.0. The van der Waals surface area contributed by atoms with Gasteiger partial charge in [0.2, 0.25) is 6.79 Å². The van der Waals surface area contributed by atoms with Gasteiger partial charge in [-0.1, -0.05) is 24.3 Å². The summed E-state index contributed by atoms with van der Waals surface area (Å²) in [5, 5.41) is 10.8. The first-order valence-corrected chi connectivity index (χ1v) is 7.31. The Morgan fingerprint density at radius 3 is 2.78 bits per heavy atom. The van der Waals surface area contributed by atoms with Crippen molar-refractivity contribution in [2.24, 2.45) is 7.05 Å². The normalized spacial score (nSPS) is 14.1. The van der Waals surface area contributed by atoms with E-state index in [1.54, 1.807) is 18.2 Å². The first-order valence-electron chi connectivity index (χ1n) is 7.31. The SMILES string of the molecule is Cn1cc(C(C(=O)O)c2ccc3c(c2)OCO3)c2ccccc21. The zero-order valence-electron chi connectivity index (χ0n) is 12.5. The van der Waals surface area contributed by atoms with Crippen LogP contribution in [0.4, 0.5) is 0 Å². The molecule has 3 aromatic rings. The summed E-state index contributed by atoms with van der Waals surface area (Å²) in [7, 11) is 1.92. The molecule has 4 rings (SSSR count). The molecule has 5 nitrogen and oxygen atoms in total. The highest BCUT2D eigenvalue weighted by Gasteiger charge is 2.27. The van der Waals surface area contributed by atoms with Gasteiger partial charge in [-0.3, -0.25) is 4.79 Å². The lowest BCUT2D eigenvalue weighted by atomic mass is 9.91. The van der Waals surface area contributed by atoms with Gasteiger partial charge in [0, 0.05) is 24.1 Å². The van der Waals surface area contributed by atoms with E-state index in [0.717, 1.165) is 16.5 Å². The van der Waals surface area contributed by atoms with Crippen molar-refractivity contribution in [1.29, 1.82) is 0 Å². The molecule has 1 aliphatic heterocycles. The van der Waals surface area contributed by atoms with Crippen molar-refractivity contribution < 1.29 is 19.4 Å². The molecule has 0 spiro atoms. The lowest BCUT2D eigenvalue weighted by Gasteiger charge is -2.13. The van der Waals surface area contributed by atoms with E-state index in [1.165, 1.54) is 0 Å². The zero-order chi connectivity index (χ0) is 16.0. The Morgan fingerprint density at radius 2 is 1.96 bits per heavy atom. The smallest absolute Gasteiger partial charge is 0.315 e. The van der Waals surface area contributed by atoms with Crippen LogP contribution in [-0.2, 0) is 11.8 Å². The molecule has 1 N–H and O–H groups in total. The molecular weight excluding hydrogens is 294 g/mol. The fourth-order valence-electron chi connectivity index (χ4n) is 3.15. The minimum Gasteiger partial charge on any atom is -0.481 e. The molecule has 2 aromatic carbocycles. The van der Waals surface area contributed by atoms with Crippen LogP contribution in [0.2, 0.25) is 0 Å². The molecular formula is C18H15NO4. The minimum absolute atomic E-state index is 0.171. The number of aliphatic carboxylic acids is 1. The van der Waals surface area contributed by atoms with Crippen molar-refractivity contribution in [2.75, 3.05) is 6.79 Å². The molecule has 0 amide bonds. The van der Waals surface area contributed by atoms with Gasteiger partial charge >= 0.3 is 5.97 Å². The third-order valence-corrected chi connectivity index (χ3v) is 4.22. The molecule has 1 unspecified atom stereocenters. The number of carboxylic acid groups (broad SMARTS) is 1. The van der Waals surface area contributed by atoms with Crippen molar-refractivity contribution in [1.82, 2.24) is 4.57 Å². The van der Waals surface area contributed by atoms with Crippen LogP contribution in [0, 0.1) is 0 Å². The number of ether oxygens (including phenoxy) is 2. The Kier molecular flexibility index (Phi) is 3.01. The molecule has 0 fully saturated rings. The fourth-order valence-corrected chi connectivity index (χ4v) is 3.15. The minimum atomic E-state index is -0.889. The van der Waals surface area contributed by atoms with Crippen LogP contribution in [0.3, 0.4) is 0 Å². The lowest BCUT2D eigenvalue weighted by Crippen LogP contribution is -2.12. The van der Waals surface area contributed by atoms with Gasteiger partial charge in [-0.25, -0.2) is 0 Å². The van der Waals surface area contributed by atoms with E-state index in [4.69, 9.17) is 9.47 Å². The molecule has 23 heavy (non-hydrogen) atoms. The van der Waals surface area contributed by atoms with E-state index in [9.17, 15) is 9.90 Å². The number of benzene rings is 2. The zero-order valence-corrected chi connectivity index (χ0v) is 12.5. The van der Waals surface area contributed by atoms with Gasteiger partial charge in [-0.05, 0) is 29.3 Å². The van der Waals surface area contributed by atoms with E-state index in [1.807, 2.05) is 42.1 Å². The van der Waals surface area contributed by atoms with E-state index in [0.29, 0.717) is 17.1 Å². The Bertz CT molecular complexity index is 913. The second-order valence-corrected chi connectivity index (χ2v) is 5.60. The average molecular weight is 309 g/mol. The number of hydrogen-bond acceptors (Lipinski definition) is 3. The van der Waals surface area contributed by atoms with Gasteiger partial charge in [0.25, 0.3) is 0 Å². The van der Waals surface area contributed by atoms with Crippen molar-refractivity contribution >= 4 is 16.9 Å². The molecule has 0 aliphatic carbocycles. The molecule has 0 bridgehead atoms. The molecule has 2 heterocycles. The van der Waals surface area contributed by atoms with Crippen molar-refractivity contribution in [3.63, 3.8) is 0 Å². The summed E-state index contributed by atoms with van der Waals surface area (Å²) in [6.07, 6.45) is 1.88. The van der Waals surface area contributed by atoms with Gasteiger partial charge in [0.05, 0.1) is 0 Å². The maximum absolute atomic E-state index is 12.0. The highest BCUT2D eigenvalue weighted by molar-refractivity contribution is 5.92. The van der Waals surface area contributed by atoms with E-state index >= 15 is 0 Å². The van der Waals surface area contributed by atoms with Crippen LogP contribution < -0.4 is 9.47 Å². The molecule has 1 aromatic heterocycles. The largest absolute Gasteiger partial charge is 0.481 e. The second kappa shape index (κ2) is 5.05. The number of carbonyl (C=O) groups is 1. The average Bonchev–Trinajstić information content (AvgIpc) is 3.13. The number of aryl methyl sites for hydroxylation is 1. The maximum Gasteiger partial charge on any atom is 0.315 e. The van der Waals surface area contributed by atoms with Crippen molar-refractivity contribution in [3.05, 3.63) is 59.8 Å². The van der Waals surface area contributed by atoms with E-state index in [-0.39, 0.29) is 6.79 Å². The first-order chi connectivity index (χ1) is 11.1. The Hall–Kier alpha value is -2.95. The van der Waals surface area contributed by atoms with Crippen molar-refractivity contribution in [3.8, 4) is 11.5 Å². The Morgan fingerprint density at radius 1 is 1.17 bits per heavy atom. The summed E-state index contributed by atoms with van der Waals surface area (Å²) in [6.45, 7) is 0.171. The van der Waals surface area contributed by atoms with Crippen LogP contribution in [0.25, 0.3) is 10.9 Å². The van der Waals surface area contributed by atoms with Gasteiger partial charge in [0.15, 0.2) is 11.5 Å². The lowest BCUT2D eigenvalue weighted by molar-refractivity contribution is -0.137. The maximum atomic E-state index is 12.0. The van der Waals surface area contributed by atoms with E-state index in [2.05, 4.69) is 0 Å². The van der Waals surface area contributed by atoms with Crippen LogP contribution in [0.1, 0.15) is 17.0 Å². The van der Waals surface area contributed by atoms with Crippen molar-refractivity contribution in [2.45, 2.75) is 5.92 Å². The monoisotopic (exact) mass is 309 g/mol. The standard InChI is InChI=1S/C18H15NO4/c1-19-9-13(12-4-2-3-5-14(12)19)17(18(20)21)11-6-7-15-16(8-11)23-10-22-15/h2-9,17H,10H2,1H3,(H,20,21). The number of rotatable bonds is 3. The first kappa shape index (κ1) is 13.7. The molecule has 0 radical (unpaired) electrons. The van der Waals surface area contributed by atoms with Gasteiger partial charge < -0.3 is 19.1 Å². The predicted molar refractivity (Wildman–Crippen MR) is 85.0 cm³/mol. The quantitative estimate of drug-likeness (QED) is 0.807. The van der Waals surface area contributed by atoms with Crippen LogP contribution >= 0.6 is 0 Å². The third-order valence-electron chi connectivity index (χ3n) is 4.22. The third kappa shape index (κ3) is 2.12. The number of carboxylic acids is 1. The molecule has 1 aliphatic rings. The molecule has 0 saturated carbocycles. The number of fused-ring (bicyclic) bond motifs is 2. The molecule has 5 heteroatoms.